The zero-order valence-electron chi connectivity index (χ0n) is 25.8. The number of ether oxygens (including phenoxy) is 1. The minimum atomic E-state index is -0.587. The number of benzene rings is 2. The van der Waals surface area contributed by atoms with Crippen molar-refractivity contribution >= 4 is 28.1 Å². The minimum absolute atomic E-state index is 0.0678. The first-order valence-electron chi connectivity index (χ1n) is 15.4. The fraction of sp³-hybridized carbons (Fsp3) is 0.229. The number of hydrogen-bond donors (Lipinski definition) is 2. The van der Waals surface area contributed by atoms with Crippen LogP contribution in [0.1, 0.15) is 40.1 Å². The van der Waals surface area contributed by atoms with Crippen LogP contribution in [0.3, 0.4) is 0 Å². The van der Waals surface area contributed by atoms with Crippen molar-refractivity contribution in [1.82, 2.24) is 39.2 Å². The molecule has 3 N–H and O–H groups in total. The van der Waals surface area contributed by atoms with E-state index in [0.29, 0.717) is 33.4 Å². The number of nitrogens with zero attached hydrogens (tertiary/aromatic N) is 7. The summed E-state index contributed by atoms with van der Waals surface area (Å²) >= 11 is 0. The number of amides is 1. The van der Waals surface area contributed by atoms with Gasteiger partial charge in [-0.15, -0.1) is 5.10 Å². The van der Waals surface area contributed by atoms with Gasteiger partial charge in [-0.3, -0.25) is 23.7 Å². The zero-order valence-corrected chi connectivity index (χ0v) is 25.8. The quantitative estimate of drug-likeness (QED) is 0.258. The number of carbonyl (C=O) groups excluding carboxylic acids is 1. The normalized spacial score (nSPS) is 14.1. The number of carbonyl (C=O) groups is 1. The van der Waals surface area contributed by atoms with Crippen LogP contribution < -0.4 is 16.6 Å². The fourth-order valence-electron chi connectivity index (χ4n) is 5.87. The Morgan fingerprint density at radius 3 is 2.72 bits per heavy atom. The number of nitrogen functional groups attached to an aromatic ring is 1. The molecular weight excluding hydrogens is 594 g/mol. The molecule has 5 heterocycles. The summed E-state index contributed by atoms with van der Waals surface area (Å²) in [5, 5.41) is 12.9. The van der Waals surface area contributed by atoms with E-state index in [4.69, 9.17) is 10.5 Å². The minimum Gasteiger partial charge on any atom is -0.381 e. The average molecular weight is 628 g/mol. The van der Waals surface area contributed by atoms with E-state index >= 15 is 0 Å². The molecule has 47 heavy (non-hydrogen) atoms. The summed E-state index contributed by atoms with van der Waals surface area (Å²) in [6.45, 7) is 6.86. The van der Waals surface area contributed by atoms with Crippen LogP contribution in [0.15, 0.2) is 90.2 Å². The molecule has 0 radical (unpaired) electrons. The van der Waals surface area contributed by atoms with Gasteiger partial charge in [-0.1, -0.05) is 42.2 Å². The zero-order chi connectivity index (χ0) is 32.3. The lowest BCUT2D eigenvalue weighted by Crippen LogP contribution is -2.38. The highest BCUT2D eigenvalue weighted by Gasteiger charge is 2.24. The van der Waals surface area contributed by atoms with Crippen LogP contribution in [0, 0.1) is 11.8 Å². The number of rotatable bonds is 7. The lowest BCUT2D eigenvalue weighted by Gasteiger charge is -2.26. The molecule has 0 bridgehead atoms. The number of nitrogens with two attached hydrogens (primary N) is 1. The summed E-state index contributed by atoms with van der Waals surface area (Å²) in [7, 11) is 0. The van der Waals surface area contributed by atoms with Gasteiger partial charge < -0.3 is 15.8 Å². The number of fused-ring (bicyclic) bond motifs is 2. The van der Waals surface area contributed by atoms with E-state index in [2.05, 4.69) is 37.2 Å². The molecule has 4 aromatic heterocycles. The van der Waals surface area contributed by atoms with Gasteiger partial charge in [-0.25, -0.2) is 9.50 Å². The summed E-state index contributed by atoms with van der Waals surface area (Å²) in [6, 6.07) is 18.0. The first kappa shape index (κ1) is 29.9. The third-order valence-electron chi connectivity index (χ3n) is 8.25. The van der Waals surface area contributed by atoms with Gasteiger partial charge in [0.15, 0.2) is 11.5 Å². The van der Waals surface area contributed by atoms with Crippen molar-refractivity contribution in [1.29, 1.82) is 0 Å². The number of nitrogens with one attached hydrogen (secondary N) is 1. The third-order valence-corrected chi connectivity index (χ3v) is 8.25. The molecule has 12 nitrogen and oxygen atoms in total. The van der Waals surface area contributed by atoms with Crippen molar-refractivity contribution in [3.63, 3.8) is 0 Å². The predicted octanol–water partition coefficient (Wildman–Crippen LogP) is 3.04. The Morgan fingerprint density at radius 1 is 1.06 bits per heavy atom. The second kappa shape index (κ2) is 12.9. The van der Waals surface area contributed by atoms with Crippen LogP contribution in [-0.2, 0) is 11.3 Å². The second-order valence-corrected chi connectivity index (χ2v) is 11.4. The molecule has 1 aliphatic heterocycles. The van der Waals surface area contributed by atoms with E-state index in [0.717, 1.165) is 45.0 Å². The van der Waals surface area contributed by atoms with E-state index in [1.54, 1.807) is 29.2 Å². The SMILES string of the molecule is C[C@H](NC(=O)c1c(N)nn2cccnc12)c1cc2cccc(C#Cc3cnn(CCN4CCOCC4)c3)c2c(=O)n1-c1ccccc1. The van der Waals surface area contributed by atoms with Crippen molar-refractivity contribution in [2.45, 2.75) is 19.5 Å². The maximum atomic E-state index is 14.4. The Balaban J connectivity index is 1.22. The summed E-state index contributed by atoms with van der Waals surface area (Å²) in [5.74, 6) is 6.04. The van der Waals surface area contributed by atoms with Gasteiger partial charge in [0.2, 0.25) is 0 Å². The molecule has 0 aliphatic carbocycles. The lowest BCUT2D eigenvalue weighted by molar-refractivity contribution is 0.0359. The first-order valence-corrected chi connectivity index (χ1v) is 15.4. The van der Waals surface area contributed by atoms with Gasteiger partial charge in [0.25, 0.3) is 11.5 Å². The van der Waals surface area contributed by atoms with Crippen LogP contribution in [0.2, 0.25) is 0 Å². The van der Waals surface area contributed by atoms with E-state index in [9.17, 15) is 9.59 Å². The van der Waals surface area contributed by atoms with E-state index in [1.165, 1.54) is 4.52 Å². The highest BCUT2D eigenvalue weighted by atomic mass is 16.5. The van der Waals surface area contributed by atoms with Gasteiger partial charge in [-0.05, 0) is 42.6 Å². The van der Waals surface area contributed by atoms with Crippen LogP contribution in [0.4, 0.5) is 5.82 Å². The van der Waals surface area contributed by atoms with Crippen molar-refractivity contribution in [2.75, 3.05) is 38.6 Å². The van der Waals surface area contributed by atoms with Crippen LogP contribution in [0.5, 0.6) is 0 Å². The number of hydrogen-bond acceptors (Lipinski definition) is 8. The molecule has 2 aromatic carbocycles. The average Bonchev–Trinajstić information content (AvgIpc) is 3.70. The molecule has 12 heteroatoms. The maximum absolute atomic E-state index is 14.4. The lowest BCUT2D eigenvalue weighted by atomic mass is 10.0. The van der Waals surface area contributed by atoms with Gasteiger partial charge >= 0.3 is 0 Å². The third kappa shape index (κ3) is 6.09. The highest BCUT2D eigenvalue weighted by molar-refractivity contribution is 6.04. The Labute approximate surface area is 270 Å². The Hall–Kier alpha value is -5.77. The molecule has 7 rings (SSSR count). The van der Waals surface area contributed by atoms with Gasteiger partial charge in [0.05, 0.1) is 42.9 Å². The van der Waals surface area contributed by atoms with Crippen LogP contribution in [0.25, 0.3) is 22.1 Å². The number of para-hydroxylation sites is 1. The largest absolute Gasteiger partial charge is 0.381 e. The summed E-state index contributed by atoms with van der Waals surface area (Å²) in [4.78, 5) is 34.5. The van der Waals surface area contributed by atoms with E-state index in [-0.39, 0.29) is 16.9 Å². The Kier molecular flexibility index (Phi) is 8.22. The number of anilines is 1. The molecule has 0 unspecified atom stereocenters. The van der Waals surface area contributed by atoms with Crippen molar-refractivity contribution in [2.24, 2.45) is 0 Å². The van der Waals surface area contributed by atoms with Gasteiger partial charge in [-0.2, -0.15) is 5.10 Å². The fourth-order valence-corrected chi connectivity index (χ4v) is 5.87. The molecule has 236 valence electrons. The van der Waals surface area contributed by atoms with Crippen LogP contribution >= 0.6 is 0 Å². The molecule has 1 amide bonds. The van der Waals surface area contributed by atoms with Crippen molar-refractivity contribution < 1.29 is 9.53 Å². The molecule has 1 fully saturated rings. The Morgan fingerprint density at radius 2 is 1.89 bits per heavy atom. The molecule has 6 aromatic rings. The summed E-state index contributed by atoms with van der Waals surface area (Å²) in [5.41, 5.74) is 9.02. The van der Waals surface area contributed by atoms with E-state index < -0.39 is 11.9 Å². The molecule has 0 saturated carbocycles. The summed E-state index contributed by atoms with van der Waals surface area (Å²) < 4.78 is 10.4. The molecule has 1 atom stereocenters. The van der Waals surface area contributed by atoms with Gasteiger partial charge in [0, 0.05) is 55.2 Å². The molecule has 1 aliphatic rings. The van der Waals surface area contributed by atoms with Crippen molar-refractivity contribution in [3.8, 4) is 17.5 Å². The number of morpholine rings is 1. The molecule has 0 spiro atoms. The summed E-state index contributed by atoms with van der Waals surface area (Å²) in [6.07, 6.45) is 6.92. The maximum Gasteiger partial charge on any atom is 0.264 e. The molecular formula is C35H33N9O3. The number of aromatic nitrogens is 6. The predicted molar refractivity (Wildman–Crippen MR) is 178 cm³/mol. The van der Waals surface area contributed by atoms with Gasteiger partial charge in [0.1, 0.15) is 5.56 Å². The first-order chi connectivity index (χ1) is 23.0. The number of pyridine rings is 1. The monoisotopic (exact) mass is 627 g/mol. The van der Waals surface area contributed by atoms with Crippen LogP contribution in [-0.4, -0.2) is 72.6 Å². The smallest absolute Gasteiger partial charge is 0.264 e. The molecule has 1 saturated heterocycles. The van der Waals surface area contributed by atoms with Crippen molar-refractivity contribution in [3.05, 3.63) is 118 Å². The van der Waals surface area contributed by atoms with E-state index in [1.807, 2.05) is 72.4 Å². The second-order valence-electron chi connectivity index (χ2n) is 11.4. The Bertz CT molecular complexity index is 2200. The topological polar surface area (TPSA) is 138 Å². The highest BCUT2D eigenvalue weighted by Crippen LogP contribution is 2.24. The standard InChI is InChI=1S/C35H33N9O3/c1-24(39-34(45)31-32(36)40-43-14-6-13-37-33(31)43)29-21-27-8-5-7-26(30(27)35(46)44(29)28-9-3-2-4-10-28)12-11-25-22-38-42(23-25)16-15-41-17-19-47-20-18-41/h2-10,13-14,21-24H,15-20H2,1H3,(H2,36,40)(H,39,45)/t24-/m0/s1.